The van der Waals surface area contributed by atoms with E-state index in [4.69, 9.17) is 4.43 Å². The summed E-state index contributed by atoms with van der Waals surface area (Å²) in [5.41, 5.74) is 0.494. The van der Waals surface area contributed by atoms with E-state index in [1.807, 2.05) is 0 Å². The Bertz CT molecular complexity index is 349. The van der Waals surface area contributed by atoms with Gasteiger partial charge in [0.05, 0.1) is 0 Å². The molecule has 31 heavy (non-hydrogen) atoms. The second-order valence-corrected chi connectivity index (χ2v) is 11.6. The lowest BCUT2D eigenvalue weighted by Gasteiger charge is -2.36. The highest BCUT2D eigenvalue weighted by molar-refractivity contribution is 6.27. The van der Waals surface area contributed by atoms with Crippen LogP contribution < -0.4 is 0 Å². The summed E-state index contributed by atoms with van der Waals surface area (Å²) in [5.74, 6) is 0. The highest BCUT2D eigenvalue weighted by Crippen LogP contribution is 2.39. The Morgan fingerprint density at radius 3 is 1.29 bits per heavy atom. The molecule has 0 saturated carbocycles. The third-order valence-electron chi connectivity index (χ3n) is 6.64. The van der Waals surface area contributed by atoms with Gasteiger partial charge in [0, 0.05) is 6.10 Å². The van der Waals surface area contributed by atoms with Crippen LogP contribution in [0.1, 0.15) is 92.4 Å². The number of hydrogen-bond acceptors (Lipinski definition) is 4. The zero-order chi connectivity index (χ0) is 23.5. The fraction of sp³-hybridized carbons (Fsp3) is 1.00. The minimum atomic E-state index is -0.452. The van der Waals surface area contributed by atoms with Gasteiger partial charge in [-0.15, -0.1) is 0 Å². The molecule has 0 aliphatic heterocycles. The van der Waals surface area contributed by atoms with Crippen LogP contribution in [-0.2, 0) is 4.43 Å². The van der Waals surface area contributed by atoms with Crippen LogP contribution in [-0.4, -0.2) is 91.0 Å². The van der Waals surface area contributed by atoms with Crippen molar-refractivity contribution in [3.8, 4) is 0 Å². The van der Waals surface area contributed by atoms with E-state index in [0.29, 0.717) is 11.5 Å². The van der Waals surface area contributed by atoms with Crippen molar-refractivity contribution in [1.82, 2.24) is 14.7 Å². The van der Waals surface area contributed by atoms with E-state index in [2.05, 4.69) is 70.5 Å². The molecule has 5 heteroatoms. The Kier molecular flexibility index (Phi) is 19.6. The van der Waals surface area contributed by atoms with Gasteiger partial charge in [0.25, 0.3) is 0 Å². The number of hydrogen-bond donors (Lipinski definition) is 0. The summed E-state index contributed by atoms with van der Waals surface area (Å²) < 4.78 is 6.20. The maximum Gasteiger partial charge on any atom is 0.162 e. The fourth-order valence-electron chi connectivity index (χ4n) is 4.91. The van der Waals surface area contributed by atoms with Gasteiger partial charge in [0.1, 0.15) is 0 Å². The summed E-state index contributed by atoms with van der Waals surface area (Å²) in [6.07, 6.45) is 12.3. The van der Waals surface area contributed by atoms with E-state index in [0.717, 1.165) is 0 Å². The van der Waals surface area contributed by atoms with E-state index in [9.17, 15) is 0 Å². The van der Waals surface area contributed by atoms with E-state index < -0.39 is 9.76 Å². The summed E-state index contributed by atoms with van der Waals surface area (Å²) in [4.78, 5) is 7.57. The van der Waals surface area contributed by atoms with E-state index >= 15 is 0 Å². The van der Waals surface area contributed by atoms with E-state index in [1.165, 1.54) is 103 Å². The lowest BCUT2D eigenvalue weighted by Crippen LogP contribution is -2.30. The van der Waals surface area contributed by atoms with Crippen LogP contribution in [0.5, 0.6) is 0 Å². The smallest absolute Gasteiger partial charge is 0.162 e. The third-order valence-corrected chi connectivity index (χ3v) is 8.81. The molecule has 0 unspecified atom stereocenters. The van der Waals surface area contributed by atoms with Crippen molar-refractivity contribution in [1.29, 1.82) is 0 Å². The van der Waals surface area contributed by atoms with Crippen molar-refractivity contribution in [3.63, 3.8) is 0 Å². The molecule has 0 aromatic carbocycles. The molecule has 0 aromatic heterocycles. The van der Waals surface area contributed by atoms with Crippen molar-refractivity contribution >= 4 is 9.76 Å². The zero-order valence-corrected chi connectivity index (χ0v) is 24.3. The molecule has 0 heterocycles. The predicted molar refractivity (Wildman–Crippen MR) is 143 cm³/mol. The summed E-state index contributed by atoms with van der Waals surface area (Å²) in [7, 11) is 6.43. The van der Waals surface area contributed by atoms with Gasteiger partial charge in [-0.25, -0.2) is 0 Å². The number of rotatable bonds is 22. The van der Waals surface area contributed by atoms with E-state index in [-0.39, 0.29) is 0 Å². The van der Waals surface area contributed by atoms with Crippen LogP contribution in [0, 0.1) is 5.41 Å². The van der Waals surface area contributed by atoms with Crippen molar-refractivity contribution < 1.29 is 4.43 Å². The Balaban J connectivity index is 5.07. The molecule has 0 rings (SSSR count). The van der Waals surface area contributed by atoms with Crippen LogP contribution >= 0.6 is 0 Å². The maximum atomic E-state index is 6.20. The summed E-state index contributed by atoms with van der Waals surface area (Å²) in [6, 6.07) is 1.36. The number of nitrogens with zero attached hydrogens (tertiary/aromatic N) is 3. The Hall–Kier alpha value is 0.0569. The monoisotopic (exact) mass is 457 g/mol. The first kappa shape index (κ1) is 31.1. The molecule has 0 spiro atoms. The van der Waals surface area contributed by atoms with Crippen LogP contribution in [0.25, 0.3) is 0 Å². The summed E-state index contributed by atoms with van der Waals surface area (Å²) in [5, 5.41) is 0. The molecule has 188 valence electrons. The van der Waals surface area contributed by atoms with Gasteiger partial charge >= 0.3 is 0 Å². The van der Waals surface area contributed by atoms with Crippen LogP contribution in [0.3, 0.4) is 0 Å². The largest absolute Gasteiger partial charge is 0.422 e. The molecule has 4 nitrogen and oxygen atoms in total. The Morgan fingerprint density at radius 2 is 1.00 bits per heavy atom. The SMILES string of the molecule is CCCN(C)CCCC(CCCN(C)CCC)(CCCN(C)CCC)C[SiH2]OC(C)C. The van der Waals surface area contributed by atoms with E-state index in [1.54, 1.807) is 0 Å². The van der Waals surface area contributed by atoms with Gasteiger partial charge < -0.3 is 19.1 Å². The second kappa shape index (κ2) is 19.5. The van der Waals surface area contributed by atoms with Crippen LogP contribution in [0.2, 0.25) is 6.04 Å². The lowest BCUT2D eigenvalue weighted by atomic mass is 9.76. The molecule has 0 atom stereocenters. The minimum absolute atomic E-state index is 0.395. The second-order valence-electron chi connectivity index (χ2n) is 10.4. The molecule has 0 bridgehead atoms. The van der Waals surface area contributed by atoms with Gasteiger partial charge in [0.2, 0.25) is 0 Å². The zero-order valence-electron chi connectivity index (χ0n) is 22.8. The molecule has 0 saturated heterocycles. The molecule has 0 amide bonds. The van der Waals surface area contributed by atoms with Crippen molar-refractivity contribution in [3.05, 3.63) is 0 Å². The van der Waals surface area contributed by atoms with Crippen molar-refractivity contribution in [2.75, 3.05) is 60.4 Å². The molecular formula is C26H59N3OSi. The molecular weight excluding hydrogens is 398 g/mol. The Labute approximate surface area is 199 Å². The molecule has 0 aliphatic rings. The first-order valence-corrected chi connectivity index (χ1v) is 15.0. The topological polar surface area (TPSA) is 19.0 Å². The first-order valence-electron chi connectivity index (χ1n) is 13.5. The van der Waals surface area contributed by atoms with Gasteiger partial charge in [-0.1, -0.05) is 20.8 Å². The minimum Gasteiger partial charge on any atom is -0.422 e. The average Bonchev–Trinajstić information content (AvgIpc) is 2.68. The summed E-state index contributed by atoms with van der Waals surface area (Å²) in [6.45, 7) is 18.7. The van der Waals surface area contributed by atoms with Crippen LogP contribution in [0.15, 0.2) is 0 Å². The quantitative estimate of drug-likeness (QED) is 0.206. The van der Waals surface area contributed by atoms with Crippen molar-refractivity contribution in [2.45, 2.75) is 105 Å². The molecule has 0 radical (unpaired) electrons. The van der Waals surface area contributed by atoms with Crippen molar-refractivity contribution in [2.24, 2.45) is 5.41 Å². The first-order chi connectivity index (χ1) is 14.8. The standard InChI is InChI=1S/C26H59N3OSi/c1-9-18-27(6)21-12-15-26(24-31-30-25(4)5,16-13-22-28(7)19-10-2)17-14-23-29(8)20-11-3/h25H,9-24,31H2,1-8H3. The van der Waals surface area contributed by atoms with Gasteiger partial charge in [0.15, 0.2) is 9.76 Å². The molecule has 0 aromatic rings. The van der Waals surface area contributed by atoms with Gasteiger partial charge in [-0.05, 0) is 144 Å². The highest BCUT2D eigenvalue weighted by atomic mass is 28.2. The highest BCUT2D eigenvalue weighted by Gasteiger charge is 2.29. The Morgan fingerprint density at radius 1 is 0.645 bits per heavy atom. The molecule has 0 fully saturated rings. The molecule has 0 aliphatic carbocycles. The summed E-state index contributed by atoms with van der Waals surface area (Å²) >= 11 is 0. The predicted octanol–water partition coefficient (Wildman–Crippen LogP) is 5.27. The van der Waals surface area contributed by atoms with Crippen LogP contribution in [0.4, 0.5) is 0 Å². The third kappa shape index (κ3) is 17.2. The van der Waals surface area contributed by atoms with Gasteiger partial charge in [-0.2, -0.15) is 0 Å². The normalized spacial score (nSPS) is 13.2. The average molecular weight is 458 g/mol. The lowest BCUT2D eigenvalue weighted by molar-refractivity contribution is 0.178. The van der Waals surface area contributed by atoms with Gasteiger partial charge in [-0.3, -0.25) is 0 Å². The maximum absolute atomic E-state index is 6.20. The fourth-order valence-corrected chi connectivity index (χ4v) is 6.69. The molecule has 0 N–H and O–H groups in total.